The first kappa shape index (κ1) is 14.0. The van der Waals surface area contributed by atoms with Gasteiger partial charge in [-0.1, -0.05) is 0 Å². The third-order valence-electron chi connectivity index (χ3n) is 1.99. The van der Waals surface area contributed by atoms with Crippen LogP contribution in [-0.4, -0.2) is 21.3 Å². The second-order valence-corrected chi connectivity index (χ2v) is 2.91. The molecule has 84 valence electrons. The highest BCUT2D eigenvalue weighted by molar-refractivity contribution is 5.78. The molecule has 0 spiro atoms. The van der Waals surface area contributed by atoms with Crippen LogP contribution in [0.25, 0.3) is 11.0 Å². The minimum Gasteiger partial charge on any atom is -1.00 e. The van der Waals surface area contributed by atoms with Gasteiger partial charge in [0.25, 0.3) is 0 Å². The van der Waals surface area contributed by atoms with Gasteiger partial charge in [0.2, 0.25) is 0 Å². The molecule has 6 heteroatoms. The summed E-state index contributed by atoms with van der Waals surface area (Å²) in [7, 11) is 0. The predicted molar refractivity (Wildman–Crippen MR) is 51.2 cm³/mol. The first-order valence-corrected chi connectivity index (χ1v) is 4.12. The summed E-state index contributed by atoms with van der Waals surface area (Å²) in [5, 5.41) is 8.78. The van der Waals surface area contributed by atoms with Gasteiger partial charge in [0, 0.05) is 12.2 Å². The van der Waals surface area contributed by atoms with E-state index in [1.807, 2.05) is 22.8 Å². The molecule has 0 bridgehead atoms. The Labute approximate surface area is 99.9 Å². The lowest BCUT2D eigenvalue weighted by molar-refractivity contribution is -0.001000. The summed E-state index contributed by atoms with van der Waals surface area (Å²) in [6, 6.07) is 5.56. The number of aliphatic hydroxyl groups is 1. The topological polar surface area (TPSA) is 64.1 Å². The van der Waals surface area contributed by atoms with Crippen LogP contribution in [0.5, 0.6) is 0 Å². The Hall–Kier alpha value is -0.970. The Balaban J connectivity index is 0.000000980. The lowest BCUT2D eigenvalue weighted by Crippen LogP contribution is -3.00. The molecule has 0 aliphatic rings. The molecule has 1 aromatic carbocycles. The zero-order chi connectivity index (χ0) is 9.26. The third kappa shape index (κ3) is 2.75. The smallest absolute Gasteiger partial charge is 0.0959 e. The zero-order valence-corrected chi connectivity index (χ0v) is 9.41. The van der Waals surface area contributed by atoms with E-state index in [1.165, 1.54) is 0 Å². The predicted octanol–water partition coefficient (Wildman–Crippen LogP) is -5.38. The van der Waals surface area contributed by atoms with Gasteiger partial charge in [0.1, 0.15) is 0 Å². The van der Waals surface area contributed by atoms with Crippen molar-refractivity contribution in [3.8, 4) is 0 Å². The van der Waals surface area contributed by atoms with Gasteiger partial charge in [-0.3, -0.25) is 0 Å². The molecule has 15 heavy (non-hydrogen) atoms. The summed E-state index contributed by atoms with van der Waals surface area (Å²) < 4.78 is 1.90. The Bertz CT molecular complexity index is 430. The number of nitrogens with zero attached hydrogens (tertiary/aromatic N) is 2. The van der Waals surface area contributed by atoms with Gasteiger partial charge in [-0.05, 0) is 18.2 Å². The minimum absolute atomic E-state index is 0. The number of benzene rings is 1. The van der Waals surface area contributed by atoms with Gasteiger partial charge >= 0.3 is 0 Å². The summed E-state index contributed by atoms with van der Waals surface area (Å²) in [5.74, 6) is 0. The molecular weight excluding hydrogens is 237 g/mol. The van der Waals surface area contributed by atoms with Crippen LogP contribution in [0.15, 0.2) is 24.5 Å². The largest absolute Gasteiger partial charge is 1.00 e. The minimum atomic E-state index is 0. The van der Waals surface area contributed by atoms with Crippen LogP contribution in [0.2, 0.25) is 0 Å². The van der Waals surface area contributed by atoms with Crippen LogP contribution in [-0.2, 0) is 6.54 Å². The van der Waals surface area contributed by atoms with Crippen LogP contribution in [0.1, 0.15) is 0 Å². The van der Waals surface area contributed by atoms with E-state index >= 15 is 0 Å². The van der Waals surface area contributed by atoms with Crippen molar-refractivity contribution >= 4 is 16.7 Å². The fourth-order valence-corrected chi connectivity index (χ4v) is 1.37. The number of rotatable bonds is 2. The van der Waals surface area contributed by atoms with Gasteiger partial charge in [0.15, 0.2) is 0 Å². The number of nitrogen functional groups attached to an aromatic ring is 1. The van der Waals surface area contributed by atoms with Crippen molar-refractivity contribution in [1.82, 2.24) is 9.55 Å². The molecule has 0 saturated heterocycles. The van der Waals surface area contributed by atoms with Crippen LogP contribution in [0, 0.1) is 0 Å². The van der Waals surface area contributed by atoms with E-state index in [0.717, 1.165) is 11.0 Å². The molecule has 0 unspecified atom stereocenters. The third-order valence-corrected chi connectivity index (χ3v) is 1.99. The van der Waals surface area contributed by atoms with Gasteiger partial charge in [-0.25, -0.2) is 4.98 Å². The van der Waals surface area contributed by atoms with Gasteiger partial charge in [-0.15, -0.1) is 0 Å². The van der Waals surface area contributed by atoms with Crippen molar-refractivity contribution in [3.05, 3.63) is 24.5 Å². The normalized spacial score (nSPS) is 9.40. The summed E-state index contributed by atoms with van der Waals surface area (Å²) in [6.07, 6.45) is 1.71. The number of aliphatic hydroxyl groups excluding tert-OH is 1. The maximum Gasteiger partial charge on any atom is 0.0959 e. The number of anilines is 1. The molecule has 1 aromatic heterocycles. The Morgan fingerprint density at radius 3 is 2.73 bits per heavy atom. The van der Waals surface area contributed by atoms with E-state index in [9.17, 15) is 0 Å². The zero-order valence-electron chi connectivity index (χ0n) is 7.90. The van der Waals surface area contributed by atoms with Crippen molar-refractivity contribution in [2.24, 2.45) is 0 Å². The van der Waals surface area contributed by atoms with E-state index in [4.69, 9.17) is 10.8 Å². The lowest BCUT2D eigenvalue weighted by atomic mass is 10.3. The van der Waals surface area contributed by atoms with Gasteiger partial charge in [0.05, 0.1) is 24.0 Å². The molecule has 3 N–H and O–H groups in total. The van der Waals surface area contributed by atoms with E-state index in [0.29, 0.717) is 12.2 Å². The van der Waals surface area contributed by atoms with E-state index in [-0.39, 0.29) is 31.4 Å². The van der Waals surface area contributed by atoms with Crippen LogP contribution in [0.3, 0.4) is 0 Å². The molecule has 0 aliphatic heterocycles. The second-order valence-electron chi connectivity index (χ2n) is 2.91. The van der Waals surface area contributed by atoms with Crippen molar-refractivity contribution in [1.29, 1.82) is 0 Å². The molecule has 0 amide bonds. The highest BCUT2D eigenvalue weighted by Crippen LogP contribution is 2.15. The van der Waals surface area contributed by atoms with E-state index < -0.39 is 0 Å². The van der Waals surface area contributed by atoms with Crippen LogP contribution < -0.4 is 30.5 Å². The number of halogens is 2. The quantitative estimate of drug-likeness (QED) is 0.521. The summed E-state index contributed by atoms with van der Waals surface area (Å²) in [4.78, 5) is 4.17. The first-order valence-electron chi connectivity index (χ1n) is 4.12. The monoisotopic (exact) mass is 247 g/mol. The van der Waals surface area contributed by atoms with Crippen molar-refractivity contribution in [2.45, 2.75) is 6.54 Å². The summed E-state index contributed by atoms with van der Waals surface area (Å²) in [5.41, 5.74) is 8.19. The molecule has 0 radical (unpaired) electrons. The maximum atomic E-state index is 8.78. The molecule has 2 aromatic rings. The number of fused-ring (bicyclic) bond motifs is 1. The van der Waals surface area contributed by atoms with Gasteiger partial charge < -0.3 is 40.2 Å². The Morgan fingerprint density at radius 2 is 2.07 bits per heavy atom. The average Bonchev–Trinajstić information content (AvgIpc) is 2.49. The van der Waals surface area contributed by atoms with Crippen molar-refractivity contribution in [2.75, 3.05) is 12.3 Å². The number of hydrogen-bond acceptors (Lipinski definition) is 3. The number of imidazole rings is 1. The SMILES string of the molecule is Nc1ccc2c(c1)ncn2CCO.[Cl-].[Cl-]. The molecule has 0 aliphatic carbocycles. The molecule has 2 rings (SSSR count). The summed E-state index contributed by atoms with van der Waals surface area (Å²) >= 11 is 0. The Morgan fingerprint density at radius 1 is 1.33 bits per heavy atom. The maximum absolute atomic E-state index is 8.78. The number of aromatic nitrogens is 2. The van der Waals surface area contributed by atoms with Crippen molar-refractivity contribution in [3.63, 3.8) is 0 Å². The summed E-state index contributed by atoms with van der Waals surface area (Å²) in [6.45, 7) is 0.691. The Kier molecular flexibility index (Phi) is 5.43. The number of nitrogens with two attached hydrogens (primary N) is 1. The van der Waals surface area contributed by atoms with Crippen LogP contribution in [0.4, 0.5) is 5.69 Å². The molecule has 4 nitrogen and oxygen atoms in total. The highest BCUT2D eigenvalue weighted by atomic mass is 35.5. The lowest BCUT2D eigenvalue weighted by Gasteiger charge is -2.00. The molecule has 0 atom stereocenters. The standard InChI is InChI=1S/C9H11N3O.2ClH/c10-7-1-2-9-8(5-7)11-6-12(9)3-4-13;;/h1-2,5-6,13H,3-4,10H2;2*1H/p-2. The molecule has 0 saturated carbocycles. The van der Waals surface area contributed by atoms with E-state index in [1.54, 1.807) is 6.33 Å². The second kappa shape index (κ2) is 5.80. The molecule has 1 heterocycles. The molecular formula is C9H11Cl2N3O-2. The average molecular weight is 248 g/mol. The first-order chi connectivity index (χ1) is 6.31. The molecule has 0 fully saturated rings. The fraction of sp³-hybridized carbons (Fsp3) is 0.222. The van der Waals surface area contributed by atoms with Crippen molar-refractivity contribution < 1.29 is 29.9 Å². The number of hydrogen-bond donors (Lipinski definition) is 2. The fourth-order valence-electron chi connectivity index (χ4n) is 1.37. The van der Waals surface area contributed by atoms with E-state index in [2.05, 4.69) is 4.98 Å². The highest BCUT2D eigenvalue weighted by Gasteiger charge is 2.00. The van der Waals surface area contributed by atoms with Gasteiger partial charge in [-0.2, -0.15) is 0 Å². The van der Waals surface area contributed by atoms with Crippen LogP contribution >= 0.6 is 0 Å².